The van der Waals surface area contributed by atoms with Crippen molar-refractivity contribution in [1.29, 1.82) is 0 Å². The van der Waals surface area contributed by atoms with Crippen molar-refractivity contribution in [3.63, 3.8) is 0 Å². The Hall–Kier alpha value is -12.9. The minimum atomic E-state index is -4.78. The molecule has 0 saturated heterocycles. The molecule has 4 unspecified atom stereocenters. The van der Waals surface area contributed by atoms with Crippen molar-refractivity contribution in [3.8, 4) is 28.7 Å². The van der Waals surface area contributed by atoms with E-state index in [9.17, 15) is 60.3 Å². The summed E-state index contributed by atoms with van der Waals surface area (Å²) in [5.41, 5.74) is 24.8. The third-order valence-electron chi connectivity index (χ3n) is 26.3. The zero-order valence-corrected chi connectivity index (χ0v) is 66.8. The molecule has 0 spiro atoms. The standard InChI is InChI=1S/C29H22O3.C28H26O3.C24H17F3O3.C24H18F2O3/c30-25-12-6-7-19-17-24-22-10-4-5-11-23(22)29(31)28(24)27(26(19)25)18-13-15-21(16-14-18)32-20-8-2-1-3-9-20;29-24-11-5-6-18-16-23-21-9-3-4-10-22(21)28(30)27(23)26(25(18)24)17-12-14-20(15-13-17)31-19-7-1-2-8-19;25-24(26,27)30-15-10-8-13(9-11-15)21-20-14(4-3-7-19(20)28)12-18-16-5-1-2-6-17(16)23(29)22(18)21;25-24(26)29-15-10-8-13(9-11-15)21-20-14(4-3-7-19(20)27)12-18-16-5-1-2-6-17(16)23(28)22(18)21/h1-5,8-11,13-16,27H,6-7,12,17H2;3-4,9-10,12-15,19,26H,1-2,5-8,11,16H2;1-2,5-6,8-11,21H,3-4,7,12H2;1-2,5-6,8-11,21,24H,3-4,7,12H2. The van der Waals surface area contributed by atoms with Gasteiger partial charge in [-0.1, -0.05) is 186 Å². The largest absolute Gasteiger partial charge is 0.573 e. The molecule has 1 fully saturated rings. The summed E-state index contributed by atoms with van der Waals surface area (Å²) >= 11 is 0. The zero-order valence-electron chi connectivity index (χ0n) is 66.8. The van der Waals surface area contributed by atoms with Gasteiger partial charge in [-0.3, -0.25) is 38.4 Å². The summed E-state index contributed by atoms with van der Waals surface area (Å²) in [6.45, 7) is -2.90. The molecule has 13 aliphatic carbocycles. The Bertz CT molecular complexity index is 6190. The third-order valence-corrected chi connectivity index (χ3v) is 26.3. The molecule has 9 aromatic rings. The molecule has 610 valence electrons. The molecule has 22 rings (SSSR count). The van der Waals surface area contributed by atoms with Gasteiger partial charge in [-0.25, -0.2) is 0 Å². The number of halogens is 5. The van der Waals surface area contributed by atoms with Gasteiger partial charge in [-0.15, -0.1) is 13.2 Å². The maximum Gasteiger partial charge on any atom is 0.573 e. The molecule has 4 atom stereocenters. The van der Waals surface area contributed by atoms with Crippen LogP contribution < -0.4 is 18.9 Å². The number of ketones is 8. The predicted molar refractivity (Wildman–Crippen MR) is 452 cm³/mol. The van der Waals surface area contributed by atoms with Crippen LogP contribution in [-0.2, 0) is 19.2 Å². The lowest BCUT2D eigenvalue weighted by Crippen LogP contribution is -2.25. The fourth-order valence-corrected chi connectivity index (χ4v) is 21.1. The number of fused-ring (bicyclic) bond motifs is 8. The van der Waals surface area contributed by atoms with E-state index in [1.54, 1.807) is 18.2 Å². The average Bonchev–Trinajstić information content (AvgIpc) is 1.56. The summed E-state index contributed by atoms with van der Waals surface area (Å²) in [5, 5.41) is 0. The maximum atomic E-state index is 13.5. The molecule has 13 aliphatic rings. The molecule has 17 heteroatoms. The molecule has 0 aromatic heterocycles. The van der Waals surface area contributed by atoms with E-state index in [4.69, 9.17) is 9.47 Å². The molecule has 0 radical (unpaired) electrons. The second-order valence-corrected chi connectivity index (χ2v) is 33.3. The number of carbonyl (C=O) groups excluding carboxylic acids is 8. The van der Waals surface area contributed by atoms with Gasteiger partial charge in [0.05, 0.1) is 6.10 Å². The summed E-state index contributed by atoms with van der Waals surface area (Å²) in [7, 11) is 0. The van der Waals surface area contributed by atoms with Crippen LogP contribution in [0.2, 0.25) is 0 Å². The molecule has 0 aliphatic heterocycles. The van der Waals surface area contributed by atoms with Crippen molar-refractivity contribution in [2.24, 2.45) is 0 Å². The van der Waals surface area contributed by atoms with E-state index in [1.165, 1.54) is 60.4 Å². The van der Waals surface area contributed by atoms with Gasteiger partial charge in [0.15, 0.2) is 46.3 Å². The van der Waals surface area contributed by atoms with Crippen LogP contribution in [0.15, 0.2) is 291 Å². The molecule has 9 aromatic carbocycles. The van der Waals surface area contributed by atoms with Crippen molar-refractivity contribution < 1.29 is 79.3 Å². The fraction of sp³-hybridized carbons (Fsp3) is 0.257. The van der Waals surface area contributed by atoms with E-state index in [-0.39, 0.29) is 69.6 Å². The van der Waals surface area contributed by atoms with Crippen molar-refractivity contribution >= 4 is 68.6 Å². The molecular formula is C105H83F5O12. The molecular weight excluding hydrogens is 1550 g/mol. The van der Waals surface area contributed by atoms with Crippen LogP contribution in [-0.4, -0.2) is 65.3 Å². The van der Waals surface area contributed by atoms with Gasteiger partial charge in [0, 0.05) is 116 Å². The van der Waals surface area contributed by atoms with Crippen molar-refractivity contribution in [2.45, 2.75) is 171 Å². The molecule has 0 N–H and O–H groups in total. The number of Topliss-reactive ketones (excluding diaryl/α,β-unsaturated/α-hetero) is 8. The normalized spacial score (nSPS) is 21.1. The van der Waals surface area contributed by atoms with Gasteiger partial charge in [0.2, 0.25) is 0 Å². The fourth-order valence-electron chi connectivity index (χ4n) is 21.1. The van der Waals surface area contributed by atoms with Crippen molar-refractivity contribution in [3.05, 3.63) is 358 Å². The number of benzene rings is 9. The van der Waals surface area contributed by atoms with E-state index >= 15 is 0 Å². The van der Waals surface area contributed by atoms with E-state index in [1.807, 2.05) is 152 Å². The van der Waals surface area contributed by atoms with Crippen LogP contribution in [0, 0.1) is 0 Å². The highest BCUT2D eigenvalue weighted by molar-refractivity contribution is 6.27. The highest BCUT2D eigenvalue weighted by Gasteiger charge is 2.49. The Balaban J connectivity index is 0.000000107. The number of ether oxygens (including phenoxy) is 4. The van der Waals surface area contributed by atoms with E-state index in [0.717, 1.165) is 199 Å². The highest BCUT2D eigenvalue weighted by Crippen LogP contribution is 2.58. The number of hydrogen-bond donors (Lipinski definition) is 0. The lowest BCUT2D eigenvalue weighted by Gasteiger charge is -2.32. The van der Waals surface area contributed by atoms with Crippen LogP contribution in [0.5, 0.6) is 28.7 Å². The lowest BCUT2D eigenvalue weighted by atomic mass is 9.69. The monoisotopic (exact) mass is 1630 g/mol. The minimum Gasteiger partial charge on any atom is -0.490 e. The Morgan fingerprint density at radius 2 is 0.549 bits per heavy atom. The summed E-state index contributed by atoms with van der Waals surface area (Å²) in [4.78, 5) is 105. The zero-order chi connectivity index (χ0) is 83.8. The lowest BCUT2D eigenvalue weighted by molar-refractivity contribution is -0.274. The van der Waals surface area contributed by atoms with Gasteiger partial charge in [0.1, 0.15) is 28.7 Å². The first-order chi connectivity index (χ1) is 59.3. The molecule has 0 heterocycles. The van der Waals surface area contributed by atoms with Gasteiger partial charge < -0.3 is 18.9 Å². The first-order valence-electron chi connectivity index (χ1n) is 42.3. The Morgan fingerprint density at radius 1 is 0.279 bits per heavy atom. The van der Waals surface area contributed by atoms with E-state index in [2.05, 4.69) is 27.7 Å². The summed E-state index contributed by atoms with van der Waals surface area (Å²) in [5.74, 6) is 1.05. The van der Waals surface area contributed by atoms with Crippen LogP contribution in [0.25, 0.3) is 22.3 Å². The van der Waals surface area contributed by atoms with Crippen LogP contribution in [0.4, 0.5) is 22.0 Å². The topological polar surface area (TPSA) is 173 Å². The Labute approximate surface area is 701 Å². The molecule has 0 bridgehead atoms. The molecule has 0 amide bonds. The second-order valence-electron chi connectivity index (χ2n) is 33.3. The van der Waals surface area contributed by atoms with Crippen molar-refractivity contribution in [2.75, 3.05) is 0 Å². The smallest absolute Gasteiger partial charge is 0.490 e. The highest BCUT2D eigenvalue weighted by atomic mass is 19.4. The maximum absolute atomic E-state index is 13.5. The first kappa shape index (κ1) is 78.9. The molecule has 12 nitrogen and oxygen atoms in total. The Morgan fingerprint density at radius 3 is 0.852 bits per heavy atom. The number of para-hydroxylation sites is 1. The number of rotatable bonds is 11. The number of alkyl halides is 5. The van der Waals surface area contributed by atoms with Gasteiger partial charge in [-0.05, 0) is 230 Å². The van der Waals surface area contributed by atoms with Crippen LogP contribution in [0.1, 0.15) is 238 Å². The summed E-state index contributed by atoms with van der Waals surface area (Å²) in [6.07, 6.45) is 11.9. The SMILES string of the molecule is O=C1CCCC2=C1C(c1ccc(OC(F)(F)F)cc1)C1=C(C2)c2ccccc2C1=O.O=C1CCCC2=C1C(c1ccc(OC(F)F)cc1)C1=C(C2)c2ccccc2C1=O.O=C1CCCC2=C1C(c1ccc(OC3CCCC3)cc1)C1=C(C2)c2ccccc2C1=O.O=C1CCCC2=C1C(c1ccc(Oc3ccccc3)cc1)C1=C(C2)c2ccccc2C1=O. The predicted octanol–water partition coefficient (Wildman–Crippen LogP) is 24.1. The van der Waals surface area contributed by atoms with Crippen LogP contribution in [0.3, 0.4) is 0 Å². The second kappa shape index (κ2) is 32.6. The van der Waals surface area contributed by atoms with E-state index < -0.39 is 24.8 Å². The molecule has 122 heavy (non-hydrogen) atoms. The number of allylic oxidation sites excluding steroid dienone is 16. The van der Waals surface area contributed by atoms with Crippen molar-refractivity contribution in [1.82, 2.24) is 0 Å². The van der Waals surface area contributed by atoms with Gasteiger partial charge in [0.25, 0.3) is 0 Å². The minimum absolute atomic E-state index is 0.0205. The average molecular weight is 1630 g/mol. The van der Waals surface area contributed by atoms with E-state index in [0.29, 0.717) is 84.5 Å². The quantitative estimate of drug-likeness (QED) is 0.112. The number of carbonyl (C=O) groups is 8. The van der Waals surface area contributed by atoms with Gasteiger partial charge >= 0.3 is 13.0 Å². The Kier molecular flexibility index (Phi) is 21.1. The third kappa shape index (κ3) is 14.6. The first-order valence-corrected chi connectivity index (χ1v) is 42.3. The number of hydrogen-bond acceptors (Lipinski definition) is 12. The van der Waals surface area contributed by atoms with Gasteiger partial charge in [-0.2, -0.15) is 8.78 Å². The molecule has 1 saturated carbocycles. The summed E-state index contributed by atoms with van der Waals surface area (Å²) in [6, 6.07) is 68.2. The summed E-state index contributed by atoms with van der Waals surface area (Å²) < 4.78 is 83.1. The van der Waals surface area contributed by atoms with Crippen LogP contribution >= 0.6 is 0 Å².